The lowest BCUT2D eigenvalue weighted by Crippen LogP contribution is -2.07. The first-order chi connectivity index (χ1) is 11.6. The number of thioether (sulfide) groups is 1. The van der Waals surface area contributed by atoms with E-state index in [1.165, 1.54) is 41.4 Å². The number of nitro groups is 1. The molecule has 0 heterocycles. The zero-order valence-corrected chi connectivity index (χ0v) is 13.9. The van der Waals surface area contributed by atoms with Crippen LogP contribution in [0.5, 0.6) is 0 Å². The molecule has 0 atom stereocenters. The average Bonchev–Trinajstić information content (AvgIpc) is 3.06. The van der Waals surface area contributed by atoms with Crippen molar-refractivity contribution in [3.8, 4) is 0 Å². The van der Waals surface area contributed by atoms with Gasteiger partial charge in [0, 0.05) is 17.0 Å². The Kier molecular flexibility index (Phi) is 5.15. The van der Waals surface area contributed by atoms with Gasteiger partial charge < -0.3 is 4.74 Å². The second-order valence-corrected chi connectivity index (χ2v) is 6.71. The van der Waals surface area contributed by atoms with Crippen molar-refractivity contribution in [2.75, 3.05) is 5.75 Å². The average molecular weight is 343 g/mol. The minimum atomic E-state index is -0.455. The highest BCUT2D eigenvalue weighted by Crippen LogP contribution is 2.27. The van der Waals surface area contributed by atoms with E-state index < -0.39 is 4.92 Å². The Labute approximate surface area is 144 Å². The van der Waals surface area contributed by atoms with Crippen LogP contribution in [0.25, 0.3) is 0 Å². The van der Waals surface area contributed by atoms with Crippen molar-refractivity contribution in [3.05, 3.63) is 69.3 Å². The molecular formula is C18H17NO4S. The third-order valence-corrected chi connectivity index (χ3v) is 4.94. The molecule has 1 aliphatic rings. The fourth-order valence-corrected chi connectivity index (χ4v) is 3.46. The first kappa shape index (κ1) is 16.5. The molecule has 0 spiro atoms. The van der Waals surface area contributed by atoms with Gasteiger partial charge in [-0.25, -0.2) is 0 Å². The Morgan fingerprint density at radius 2 is 1.88 bits per heavy atom. The molecular weight excluding hydrogens is 326 g/mol. The molecule has 0 aliphatic heterocycles. The highest BCUT2D eigenvalue weighted by atomic mass is 32.2. The summed E-state index contributed by atoms with van der Waals surface area (Å²) in [6, 6.07) is 12.4. The van der Waals surface area contributed by atoms with Crippen LogP contribution < -0.4 is 0 Å². The van der Waals surface area contributed by atoms with E-state index in [2.05, 4.69) is 18.2 Å². The largest absolute Gasteiger partial charge is 0.460 e. The molecule has 0 N–H and O–H groups in total. The maximum atomic E-state index is 11.8. The summed E-state index contributed by atoms with van der Waals surface area (Å²) in [4.78, 5) is 23.1. The number of carbonyl (C=O) groups excluding carboxylic acids is 1. The molecule has 0 saturated heterocycles. The number of aryl methyl sites for hydroxylation is 2. The van der Waals surface area contributed by atoms with Crippen molar-refractivity contribution in [2.24, 2.45) is 0 Å². The van der Waals surface area contributed by atoms with Gasteiger partial charge in [0.05, 0.1) is 10.7 Å². The number of carbonyl (C=O) groups is 1. The summed E-state index contributed by atoms with van der Waals surface area (Å²) in [7, 11) is 0. The molecule has 0 radical (unpaired) electrons. The van der Waals surface area contributed by atoms with Gasteiger partial charge in [-0.3, -0.25) is 14.9 Å². The predicted octanol–water partition coefficient (Wildman–Crippen LogP) is 3.92. The molecule has 124 valence electrons. The predicted molar refractivity (Wildman–Crippen MR) is 92.1 cm³/mol. The molecule has 0 saturated carbocycles. The van der Waals surface area contributed by atoms with Gasteiger partial charge in [-0.1, -0.05) is 6.07 Å². The number of rotatable bonds is 6. The molecule has 0 aromatic heterocycles. The van der Waals surface area contributed by atoms with E-state index in [0.29, 0.717) is 0 Å². The van der Waals surface area contributed by atoms with Crippen LogP contribution in [0, 0.1) is 10.1 Å². The van der Waals surface area contributed by atoms with Crippen molar-refractivity contribution in [2.45, 2.75) is 30.8 Å². The molecule has 0 amide bonds. The van der Waals surface area contributed by atoms with Crippen LogP contribution in [0.15, 0.2) is 47.4 Å². The lowest BCUT2D eigenvalue weighted by Gasteiger charge is -2.06. The van der Waals surface area contributed by atoms with Crippen LogP contribution in [0.4, 0.5) is 5.69 Å². The Morgan fingerprint density at radius 3 is 2.62 bits per heavy atom. The van der Waals surface area contributed by atoms with Gasteiger partial charge in [-0.05, 0) is 60.2 Å². The summed E-state index contributed by atoms with van der Waals surface area (Å²) in [6.45, 7) is 0.127. The van der Waals surface area contributed by atoms with Crippen molar-refractivity contribution in [1.82, 2.24) is 0 Å². The van der Waals surface area contributed by atoms with E-state index >= 15 is 0 Å². The van der Waals surface area contributed by atoms with Crippen LogP contribution >= 0.6 is 11.8 Å². The Bertz CT molecular complexity index is 758. The third kappa shape index (κ3) is 4.14. The lowest BCUT2D eigenvalue weighted by atomic mass is 10.1. The van der Waals surface area contributed by atoms with Gasteiger partial charge in [0.2, 0.25) is 0 Å². The summed E-state index contributed by atoms with van der Waals surface area (Å²) in [5, 5.41) is 10.6. The van der Waals surface area contributed by atoms with Gasteiger partial charge in [-0.15, -0.1) is 11.8 Å². The van der Waals surface area contributed by atoms with Gasteiger partial charge in [-0.2, -0.15) is 0 Å². The summed E-state index contributed by atoms with van der Waals surface area (Å²) in [6.07, 6.45) is 3.48. The fraction of sp³-hybridized carbons (Fsp3) is 0.278. The van der Waals surface area contributed by atoms with Gasteiger partial charge in [0.25, 0.3) is 5.69 Å². The SMILES string of the molecule is O=C(CSc1ccc2c(c1)CCC2)OCc1ccc([N+](=O)[O-])cc1. The van der Waals surface area contributed by atoms with E-state index in [1.54, 1.807) is 12.1 Å². The first-order valence-corrected chi connectivity index (χ1v) is 8.74. The highest BCUT2D eigenvalue weighted by molar-refractivity contribution is 8.00. The number of hydrogen-bond donors (Lipinski definition) is 0. The van der Waals surface area contributed by atoms with Crippen LogP contribution in [-0.4, -0.2) is 16.6 Å². The van der Waals surface area contributed by atoms with Gasteiger partial charge in [0.1, 0.15) is 6.61 Å². The van der Waals surface area contributed by atoms with E-state index in [9.17, 15) is 14.9 Å². The standard InChI is InChI=1S/C18H17NO4S/c20-18(23-11-13-4-7-16(8-5-13)19(21)22)12-24-17-9-6-14-2-1-3-15(14)10-17/h4-10H,1-3,11-12H2. The smallest absolute Gasteiger partial charge is 0.316 e. The van der Waals surface area contributed by atoms with E-state index in [4.69, 9.17) is 4.74 Å². The van der Waals surface area contributed by atoms with E-state index in [1.807, 2.05) is 0 Å². The molecule has 2 aromatic carbocycles. The maximum absolute atomic E-state index is 11.8. The van der Waals surface area contributed by atoms with Crippen molar-refractivity contribution >= 4 is 23.4 Å². The number of esters is 1. The van der Waals surface area contributed by atoms with Crippen molar-refractivity contribution < 1.29 is 14.5 Å². The lowest BCUT2D eigenvalue weighted by molar-refractivity contribution is -0.384. The van der Waals surface area contributed by atoms with Crippen molar-refractivity contribution in [3.63, 3.8) is 0 Å². The highest BCUT2D eigenvalue weighted by Gasteiger charge is 2.12. The Hall–Kier alpha value is -2.34. The second kappa shape index (κ2) is 7.49. The van der Waals surface area contributed by atoms with Gasteiger partial charge in [0.15, 0.2) is 0 Å². The Morgan fingerprint density at radius 1 is 1.12 bits per heavy atom. The molecule has 1 aliphatic carbocycles. The molecule has 0 fully saturated rings. The first-order valence-electron chi connectivity index (χ1n) is 7.75. The Balaban J connectivity index is 1.46. The second-order valence-electron chi connectivity index (χ2n) is 5.66. The zero-order valence-electron chi connectivity index (χ0n) is 13.1. The third-order valence-electron chi connectivity index (χ3n) is 3.97. The van der Waals surface area contributed by atoms with E-state index in [-0.39, 0.29) is 24.0 Å². The fourth-order valence-electron chi connectivity index (χ4n) is 2.70. The summed E-state index contributed by atoms with van der Waals surface area (Å²) >= 11 is 1.47. The summed E-state index contributed by atoms with van der Waals surface area (Å²) in [5.74, 6) is -0.0370. The molecule has 6 heteroatoms. The minimum Gasteiger partial charge on any atom is -0.460 e. The van der Waals surface area contributed by atoms with Crippen LogP contribution in [-0.2, 0) is 29.0 Å². The molecule has 24 heavy (non-hydrogen) atoms. The summed E-state index contributed by atoms with van der Waals surface area (Å²) < 4.78 is 5.21. The topological polar surface area (TPSA) is 69.4 Å². The van der Waals surface area contributed by atoms with Crippen molar-refractivity contribution in [1.29, 1.82) is 0 Å². The van der Waals surface area contributed by atoms with E-state index in [0.717, 1.165) is 23.3 Å². The maximum Gasteiger partial charge on any atom is 0.316 e. The minimum absolute atomic E-state index is 0.0252. The number of fused-ring (bicyclic) bond motifs is 1. The molecule has 2 aromatic rings. The monoisotopic (exact) mass is 343 g/mol. The molecule has 5 nitrogen and oxygen atoms in total. The zero-order chi connectivity index (χ0) is 16.9. The molecule has 3 rings (SSSR count). The summed E-state index contributed by atoms with van der Waals surface area (Å²) in [5.41, 5.74) is 3.56. The van der Waals surface area contributed by atoms with Crippen LogP contribution in [0.2, 0.25) is 0 Å². The molecule has 0 unspecified atom stereocenters. The number of hydrogen-bond acceptors (Lipinski definition) is 5. The number of nitrogens with zero attached hydrogens (tertiary/aromatic N) is 1. The van der Waals surface area contributed by atoms with Crippen LogP contribution in [0.3, 0.4) is 0 Å². The molecule has 0 bridgehead atoms. The number of ether oxygens (including phenoxy) is 1. The van der Waals surface area contributed by atoms with Crippen LogP contribution in [0.1, 0.15) is 23.1 Å². The quantitative estimate of drug-likeness (QED) is 0.344. The number of nitro benzene ring substituents is 1. The number of benzene rings is 2. The number of non-ortho nitro benzene ring substituents is 1. The van der Waals surface area contributed by atoms with Gasteiger partial charge >= 0.3 is 5.97 Å². The normalized spacial score (nSPS) is 12.7.